The number of fused-ring (bicyclic) bond motifs is 1. The number of rotatable bonds is 4. The highest BCUT2D eigenvalue weighted by Crippen LogP contribution is 2.31. The quantitative estimate of drug-likeness (QED) is 0.653. The van der Waals surface area contributed by atoms with Crippen molar-refractivity contribution in [2.75, 3.05) is 25.0 Å². The lowest BCUT2D eigenvalue weighted by atomic mass is 10.1. The largest absolute Gasteiger partial charge is 0.373 e. The predicted octanol–water partition coefficient (Wildman–Crippen LogP) is 1.54. The van der Waals surface area contributed by atoms with Gasteiger partial charge >= 0.3 is 0 Å². The van der Waals surface area contributed by atoms with Crippen molar-refractivity contribution in [2.24, 2.45) is 5.73 Å². The Hall–Kier alpha value is -2.21. The van der Waals surface area contributed by atoms with Crippen LogP contribution in [0.15, 0.2) is 30.5 Å². The number of anilines is 1. The van der Waals surface area contributed by atoms with E-state index in [1.165, 1.54) is 6.07 Å². The third-order valence-electron chi connectivity index (χ3n) is 2.80. The van der Waals surface area contributed by atoms with Crippen LogP contribution in [0.1, 0.15) is 0 Å². The van der Waals surface area contributed by atoms with Crippen LogP contribution in [0, 0.1) is 10.1 Å². The maximum atomic E-state index is 11.0. The lowest BCUT2D eigenvalue weighted by molar-refractivity contribution is -0.383. The van der Waals surface area contributed by atoms with Gasteiger partial charge in [0.2, 0.25) is 0 Å². The summed E-state index contributed by atoms with van der Waals surface area (Å²) in [5, 5.41) is 11.7. The Labute approximate surface area is 104 Å². The Kier molecular flexibility index (Phi) is 3.38. The molecule has 0 radical (unpaired) electrons. The number of aromatic nitrogens is 1. The molecule has 0 atom stereocenters. The van der Waals surface area contributed by atoms with E-state index in [1.807, 2.05) is 18.0 Å². The molecular formula is C12H14N4O2. The molecule has 18 heavy (non-hydrogen) atoms. The van der Waals surface area contributed by atoms with Gasteiger partial charge in [-0.3, -0.25) is 10.1 Å². The Morgan fingerprint density at radius 1 is 1.44 bits per heavy atom. The Morgan fingerprint density at radius 3 is 2.89 bits per heavy atom. The SMILES string of the molecule is CN(CCN)c1ccc([N+](=O)[O-])c2ncccc12. The molecule has 0 amide bonds. The summed E-state index contributed by atoms with van der Waals surface area (Å²) in [6.07, 6.45) is 1.56. The average Bonchev–Trinajstić information content (AvgIpc) is 2.37. The zero-order chi connectivity index (χ0) is 13.1. The minimum absolute atomic E-state index is 0.0236. The molecule has 94 valence electrons. The van der Waals surface area contributed by atoms with Gasteiger partial charge in [0.25, 0.3) is 5.69 Å². The zero-order valence-corrected chi connectivity index (χ0v) is 10.0. The molecule has 0 spiro atoms. The fourth-order valence-corrected chi connectivity index (χ4v) is 1.94. The van der Waals surface area contributed by atoms with Crippen LogP contribution in [-0.2, 0) is 0 Å². The van der Waals surface area contributed by atoms with E-state index < -0.39 is 4.92 Å². The molecular weight excluding hydrogens is 232 g/mol. The second kappa shape index (κ2) is 4.97. The van der Waals surface area contributed by atoms with Gasteiger partial charge in [-0.25, -0.2) is 4.98 Å². The minimum atomic E-state index is -0.415. The van der Waals surface area contributed by atoms with Crippen molar-refractivity contribution < 1.29 is 4.92 Å². The first-order valence-electron chi connectivity index (χ1n) is 5.58. The number of hydrogen-bond donors (Lipinski definition) is 1. The second-order valence-electron chi connectivity index (χ2n) is 3.97. The van der Waals surface area contributed by atoms with Crippen LogP contribution in [0.4, 0.5) is 11.4 Å². The summed E-state index contributed by atoms with van der Waals surface area (Å²) in [6, 6.07) is 6.82. The summed E-state index contributed by atoms with van der Waals surface area (Å²) >= 11 is 0. The van der Waals surface area contributed by atoms with Crippen LogP contribution in [0.25, 0.3) is 10.9 Å². The molecule has 2 N–H and O–H groups in total. The lowest BCUT2D eigenvalue weighted by Gasteiger charge is -2.19. The Balaban J connectivity index is 2.64. The van der Waals surface area contributed by atoms with Crippen molar-refractivity contribution >= 4 is 22.3 Å². The molecule has 0 unspecified atom stereocenters. The van der Waals surface area contributed by atoms with E-state index in [2.05, 4.69) is 4.98 Å². The molecule has 2 aromatic rings. The van der Waals surface area contributed by atoms with Crippen molar-refractivity contribution in [1.29, 1.82) is 0 Å². The van der Waals surface area contributed by atoms with Gasteiger partial charge in [0, 0.05) is 43.5 Å². The summed E-state index contributed by atoms with van der Waals surface area (Å²) in [4.78, 5) is 16.6. The van der Waals surface area contributed by atoms with E-state index in [9.17, 15) is 10.1 Å². The number of benzene rings is 1. The van der Waals surface area contributed by atoms with E-state index in [1.54, 1.807) is 18.3 Å². The molecule has 1 heterocycles. The number of nitrogens with two attached hydrogens (primary N) is 1. The monoisotopic (exact) mass is 246 g/mol. The normalized spacial score (nSPS) is 10.6. The number of likely N-dealkylation sites (N-methyl/N-ethyl adjacent to an activating group) is 1. The van der Waals surface area contributed by atoms with Crippen molar-refractivity contribution in [2.45, 2.75) is 0 Å². The number of nitro benzene ring substituents is 1. The maximum Gasteiger partial charge on any atom is 0.295 e. The van der Waals surface area contributed by atoms with Crippen LogP contribution in [-0.4, -0.2) is 30.0 Å². The molecule has 2 rings (SSSR count). The van der Waals surface area contributed by atoms with Gasteiger partial charge in [-0.1, -0.05) is 0 Å². The fraction of sp³-hybridized carbons (Fsp3) is 0.250. The smallest absolute Gasteiger partial charge is 0.295 e. The zero-order valence-electron chi connectivity index (χ0n) is 10.0. The predicted molar refractivity (Wildman–Crippen MR) is 70.7 cm³/mol. The minimum Gasteiger partial charge on any atom is -0.373 e. The van der Waals surface area contributed by atoms with Crippen LogP contribution in [0.2, 0.25) is 0 Å². The first-order chi connectivity index (χ1) is 8.65. The van der Waals surface area contributed by atoms with Crippen LogP contribution >= 0.6 is 0 Å². The molecule has 0 aliphatic heterocycles. The van der Waals surface area contributed by atoms with E-state index in [0.717, 1.165) is 11.1 Å². The molecule has 0 bridgehead atoms. The summed E-state index contributed by atoms with van der Waals surface area (Å²) < 4.78 is 0. The number of non-ortho nitro benzene ring substituents is 1. The average molecular weight is 246 g/mol. The van der Waals surface area contributed by atoms with Crippen LogP contribution in [0.3, 0.4) is 0 Å². The van der Waals surface area contributed by atoms with Crippen molar-refractivity contribution in [3.8, 4) is 0 Å². The highest BCUT2D eigenvalue weighted by molar-refractivity contribution is 5.97. The third-order valence-corrected chi connectivity index (χ3v) is 2.80. The summed E-state index contributed by atoms with van der Waals surface area (Å²) in [5.74, 6) is 0. The maximum absolute atomic E-state index is 11.0. The van der Waals surface area contributed by atoms with Crippen molar-refractivity contribution in [3.63, 3.8) is 0 Å². The molecule has 6 nitrogen and oxygen atoms in total. The van der Waals surface area contributed by atoms with E-state index in [-0.39, 0.29) is 5.69 Å². The second-order valence-corrected chi connectivity index (χ2v) is 3.97. The molecule has 0 saturated carbocycles. The van der Waals surface area contributed by atoms with Gasteiger partial charge in [0.1, 0.15) is 5.52 Å². The summed E-state index contributed by atoms with van der Waals surface area (Å²) in [7, 11) is 1.90. The highest BCUT2D eigenvalue weighted by Gasteiger charge is 2.16. The van der Waals surface area contributed by atoms with Gasteiger partial charge in [0.15, 0.2) is 0 Å². The Morgan fingerprint density at radius 2 is 2.22 bits per heavy atom. The van der Waals surface area contributed by atoms with Crippen molar-refractivity contribution in [3.05, 3.63) is 40.6 Å². The summed E-state index contributed by atoms with van der Waals surface area (Å²) in [6.45, 7) is 1.21. The van der Waals surface area contributed by atoms with E-state index in [0.29, 0.717) is 18.6 Å². The number of hydrogen-bond acceptors (Lipinski definition) is 5. The summed E-state index contributed by atoms with van der Waals surface area (Å²) in [5.41, 5.74) is 6.85. The van der Waals surface area contributed by atoms with Gasteiger partial charge in [0.05, 0.1) is 4.92 Å². The molecule has 1 aromatic carbocycles. The first kappa shape index (κ1) is 12.3. The standard InChI is InChI=1S/C12H14N4O2/c1-15(8-6-13)10-4-5-11(16(17)18)12-9(10)3-2-7-14-12/h2-5,7H,6,8,13H2,1H3. The number of nitrogens with zero attached hydrogens (tertiary/aromatic N) is 3. The number of pyridine rings is 1. The first-order valence-corrected chi connectivity index (χ1v) is 5.58. The number of nitro groups is 1. The third kappa shape index (κ3) is 2.10. The van der Waals surface area contributed by atoms with E-state index >= 15 is 0 Å². The van der Waals surface area contributed by atoms with Crippen LogP contribution < -0.4 is 10.6 Å². The van der Waals surface area contributed by atoms with Crippen molar-refractivity contribution in [1.82, 2.24) is 4.98 Å². The molecule has 0 saturated heterocycles. The molecule has 1 aromatic heterocycles. The van der Waals surface area contributed by atoms with Crippen LogP contribution in [0.5, 0.6) is 0 Å². The van der Waals surface area contributed by atoms with Gasteiger partial charge in [-0.2, -0.15) is 0 Å². The highest BCUT2D eigenvalue weighted by atomic mass is 16.6. The Bertz CT molecular complexity index is 585. The molecule has 6 heteroatoms. The van der Waals surface area contributed by atoms with Gasteiger partial charge in [-0.15, -0.1) is 0 Å². The molecule has 0 aliphatic rings. The van der Waals surface area contributed by atoms with E-state index in [4.69, 9.17) is 5.73 Å². The lowest BCUT2D eigenvalue weighted by Crippen LogP contribution is -2.25. The fourth-order valence-electron chi connectivity index (χ4n) is 1.94. The van der Waals surface area contributed by atoms with Gasteiger partial charge in [-0.05, 0) is 18.2 Å². The van der Waals surface area contributed by atoms with Gasteiger partial charge < -0.3 is 10.6 Å². The topological polar surface area (TPSA) is 85.3 Å². The molecule has 0 fully saturated rings. The molecule has 0 aliphatic carbocycles.